The van der Waals surface area contributed by atoms with Crippen molar-refractivity contribution in [3.63, 3.8) is 0 Å². The zero-order chi connectivity index (χ0) is 14.4. The van der Waals surface area contributed by atoms with Crippen LogP contribution in [0.5, 0.6) is 0 Å². The predicted octanol–water partition coefficient (Wildman–Crippen LogP) is 2.96. The van der Waals surface area contributed by atoms with Gasteiger partial charge in [0, 0.05) is 5.75 Å². The van der Waals surface area contributed by atoms with Gasteiger partial charge in [-0.3, -0.25) is 4.79 Å². The summed E-state index contributed by atoms with van der Waals surface area (Å²) < 4.78 is 4.61. The predicted molar refractivity (Wildman–Crippen MR) is 84.7 cm³/mol. The van der Waals surface area contributed by atoms with Crippen LogP contribution >= 0.6 is 11.8 Å². The minimum Gasteiger partial charge on any atom is -0.468 e. The molecule has 2 N–H and O–H groups in total. The second-order valence-corrected chi connectivity index (χ2v) is 5.71. The Morgan fingerprint density at radius 1 is 1.25 bits per heavy atom. The van der Waals surface area contributed by atoms with Gasteiger partial charge in [0.1, 0.15) is 6.04 Å². The molecular formula is C16H19NO2S. The van der Waals surface area contributed by atoms with Crippen LogP contribution in [0, 0.1) is 0 Å². The van der Waals surface area contributed by atoms with Crippen molar-refractivity contribution >= 4 is 28.5 Å². The molecule has 0 spiro atoms. The highest BCUT2D eigenvalue weighted by atomic mass is 32.2. The molecule has 2 aromatic carbocycles. The van der Waals surface area contributed by atoms with E-state index in [4.69, 9.17) is 5.73 Å². The summed E-state index contributed by atoms with van der Waals surface area (Å²) in [5.41, 5.74) is 7.03. The topological polar surface area (TPSA) is 52.3 Å². The molecule has 2 rings (SSSR count). The van der Waals surface area contributed by atoms with E-state index >= 15 is 0 Å². The zero-order valence-corrected chi connectivity index (χ0v) is 12.4. The molecule has 0 aliphatic rings. The van der Waals surface area contributed by atoms with Crippen molar-refractivity contribution in [1.82, 2.24) is 0 Å². The van der Waals surface area contributed by atoms with E-state index in [1.165, 1.54) is 23.4 Å². The Morgan fingerprint density at radius 3 is 2.80 bits per heavy atom. The van der Waals surface area contributed by atoms with Gasteiger partial charge in [-0.1, -0.05) is 42.5 Å². The summed E-state index contributed by atoms with van der Waals surface area (Å²) in [6, 6.07) is 14.2. The lowest BCUT2D eigenvalue weighted by Crippen LogP contribution is -2.31. The van der Waals surface area contributed by atoms with Gasteiger partial charge in [-0.25, -0.2) is 0 Å². The minimum atomic E-state index is -0.514. The molecule has 1 unspecified atom stereocenters. The van der Waals surface area contributed by atoms with Crippen molar-refractivity contribution in [2.45, 2.75) is 18.2 Å². The van der Waals surface area contributed by atoms with Crippen LogP contribution in [0.2, 0.25) is 0 Å². The molecule has 106 valence electrons. The lowest BCUT2D eigenvalue weighted by molar-refractivity contribution is -0.142. The number of nitrogens with two attached hydrogens (primary N) is 1. The molecule has 2 aromatic rings. The van der Waals surface area contributed by atoms with E-state index in [-0.39, 0.29) is 5.97 Å². The fourth-order valence-electron chi connectivity index (χ4n) is 2.08. The highest BCUT2D eigenvalue weighted by Crippen LogP contribution is 2.23. The van der Waals surface area contributed by atoms with Gasteiger partial charge in [0.25, 0.3) is 0 Å². The summed E-state index contributed by atoms with van der Waals surface area (Å²) in [5.74, 6) is 1.44. The van der Waals surface area contributed by atoms with Gasteiger partial charge in [0.05, 0.1) is 7.11 Å². The normalized spacial score (nSPS) is 12.3. The quantitative estimate of drug-likeness (QED) is 0.656. The van der Waals surface area contributed by atoms with E-state index in [9.17, 15) is 4.79 Å². The van der Waals surface area contributed by atoms with Crippen LogP contribution < -0.4 is 5.73 Å². The molecule has 0 fully saturated rings. The Bertz CT molecular complexity index is 580. The molecule has 20 heavy (non-hydrogen) atoms. The monoisotopic (exact) mass is 289 g/mol. The first-order valence-electron chi connectivity index (χ1n) is 6.60. The second kappa shape index (κ2) is 7.31. The van der Waals surface area contributed by atoms with Crippen molar-refractivity contribution < 1.29 is 9.53 Å². The number of carbonyl (C=O) groups is 1. The van der Waals surface area contributed by atoms with Gasteiger partial charge in [0.2, 0.25) is 0 Å². The SMILES string of the molecule is COC(=O)C(N)CCSCc1cccc2ccccc12. The average Bonchev–Trinajstić information content (AvgIpc) is 2.50. The van der Waals surface area contributed by atoms with Gasteiger partial charge in [-0.05, 0) is 28.5 Å². The van der Waals surface area contributed by atoms with Gasteiger partial charge < -0.3 is 10.5 Å². The number of carbonyl (C=O) groups excluding carboxylic acids is 1. The van der Waals surface area contributed by atoms with Crippen LogP contribution in [0.1, 0.15) is 12.0 Å². The van der Waals surface area contributed by atoms with Gasteiger partial charge in [0.15, 0.2) is 0 Å². The number of thioether (sulfide) groups is 1. The Labute approximate surface area is 123 Å². The number of ether oxygens (including phenoxy) is 1. The van der Waals surface area contributed by atoms with E-state index in [1.807, 2.05) is 0 Å². The number of benzene rings is 2. The third kappa shape index (κ3) is 3.74. The molecule has 1 atom stereocenters. The Kier molecular flexibility index (Phi) is 5.44. The van der Waals surface area contributed by atoms with E-state index in [1.54, 1.807) is 11.8 Å². The fourth-order valence-corrected chi connectivity index (χ4v) is 3.12. The third-order valence-corrected chi connectivity index (χ3v) is 4.25. The van der Waals surface area contributed by atoms with Crippen LogP contribution in [0.15, 0.2) is 42.5 Å². The van der Waals surface area contributed by atoms with E-state index in [0.717, 1.165) is 11.5 Å². The van der Waals surface area contributed by atoms with Gasteiger partial charge >= 0.3 is 5.97 Å². The molecule has 4 heteroatoms. The summed E-state index contributed by atoms with van der Waals surface area (Å²) in [4.78, 5) is 11.2. The Hall–Kier alpha value is -1.52. The first kappa shape index (κ1) is 14.9. The first-order chi connectivity index (χ1) is 9.72. The maximum Gasteiger partial charge on any atom is 0.322 e. The molecule has 0 aromatic heterocycles. The molecule has 0 saturated heterocycles. The van der Waals surface area contributed by atoms with Gasteiger partial charge in [-0.2, -0.15) is 11.8 Å². The number of hydrogen-bond acceptors (Lipinski definition) is 4. The van der Waals surface area contributed by atoms with E-state index in [0.29, 0.717) is 6.42 Å². The number of esters is 1. The van der Waals surface area contributed by atoms with Crippen molar-refractivity contribution in [2.75, 3.05) is 12.9 Å². The molecule has 0 aliphatic carbocycles. The average molecular weight is 289 g/mol. The van der Waals surface area contributed by atoms with Crippen molar-refractivity contribution in [1.29, 1.82) is 0 Å². The van der Waals surface area contributed by atoms with Crippen LogP contribution in [-0.4, -0.2) is 24.9 Å². The van der Waals surface area contributed by atoms with Gasteiger partial charge in [-0.15, -0.1) is 0 Å². The molecule has 0 aliphatic heterocycles. The molecule has 0 amide bonds. The molecule has 0 saturated carbocycles. The van der Waals surface area contributed by atoms with Crippen molar-refractivity contribution in [2.24, 2.45) is 5.73 Å². The summed E-state index contributed by atoms with van der Waals surface area (Å²) in [5, 5.41) is 2.55. The largest absolute Gasteiger partial charge is 0.468 e. The fraction of sp³-hybridized carbons (Fsp3) is 0.312. The summed E-state index contributed by atoms with van der Waals surface area (Å²) in [6.07, 6.45) is 0.641. The smallest absolute Gasteiger partial charge is 0.322 e. The van der Waals surface area contributed by atoms with Crippen molar-refractivity contribution in [3.05, 3.63) is 48.0 Å². The number of fused-ring (bicyclic) bond motifs is 1. The molecule has 3 nitrogen and oxygen atoms in total. The highest BCUT2D eigenvalue weighted by Gasteiger charge is 2.12. The number of rotatable bonds is 6. The highest BCUT2D eigenvalue weighted by molar-refractivity contribution is 7.98. The molecule has 0 radical (unpaired) electrons. The Balaban J connectivity index is 1.89. The lowest BCUT2D eigenvalue weighted by atomic mass is 10.1. The van der Waals surface area contributed by atoms with E-state index in [2.05, 4.69) is 47.2 Å². The molecular weight excluding hydrogens is 270 g/mol. The van der Waals surface area contributed by atoms with Crippen LogP contribution in [0.4, 0.5) is 0 Å². The summed E-state index contributed by atoms with van der Waals surface area (Å²) >= 11 is 1.79. The zero-order valence-electron chi connectivity index (χ0n) is 11.5. The molecule has 0 heterocycles. The minimum absolute atomic E-state index is 0.337. The Morgan fingerprint density at radius 2 is 2.00 bits per heavy atom. The van der Waals surface area contributed by atoms with Crippen molar-refractivity contribution in [3.8, 4) is 0 Å². The lowest BCUT2D eigenvalue weighted by Gasteiger charge is -2.09. The van der Waals surface area contributed by atoms with E-state index < -0.39 is 6.04 Å². The standard InChI is InChI=1S/C16H19NO2S/c1-19-16(18)15(17)9-10-20-11-13-7-4-6-12-5-2-3-8-14(12)13/h2-8,15H,9-11,17H2,1H3. The first-order valence-corrected chi connectivity index (χ1v) is 7.75. The molecule has 0 bridgehead atoms. The second-order valence-electron chi connectivity index (χ2n) is 4.61. The maximum absolute atomic E-state index is 11.2. The third-order valence-electron chi connectivity index (χ3n) is 3.21. The number of hydrogen-bond donors (Lipinski definition) is 1. The maximum atomic E-state index is 11.2. The summed E-state index contributed by atoms with van der Waals surface area (Å²) in [6.45, 7) is 0. The van der Waals surface area contributed by atoms with Crippen LogP contribution in [0.25, 0.3) is 10.8 Å². The van der Waals surface area contributed by atoms with Crippen LogP contribution in [-0.2, 0) is 15.3 Å². The van der Waals surface area contributed by atoms with Crippen LogP contribution in [0.3, 0.4) is 0 Å². The number of methoxy groups -OCH3 is 1. The summed E-state index contributed by atoms with van der Waals surface area (Å²) in [7, 11) is 1.37.